The summed E-state index contributed by atoms with van der Waals surface area (Å²) in [5.41, 5.74) is 1.38. The van der Waals surface area contributed by atoms with Gasteiger partial charge in [0.2, 0.25) is 0 Å². The Morgan fingerprint density at radius 3 is 2.50 bits per heavy atom. The average Bonchev–Trinajstić information content (AvgIpc) is 3.22. The van der Waals surface area contributed by atoms with Crippen LogP contribution < -0.4 is 0 Å². The molecule has 0 bridgehead atoms. The lowest BCUT2D eigenvalue weighted by molar-refractivity contribution is -0.137. The standard InChI is InChI=1S/C23H22F3N3O/c24-23(25,26)19-8-4-7-18(13-19)21(30)16-9-11-29(12-10-16)15-20-14-27-22(28-20)17-5-2-1-3-6-17/h1-8,13-14,16H,9-12,15H2,(H,27,28). The minimum absolute atomic E-state index is 0.143. The molecule has 0 amide bonds. The summed E-state index contributed by atoms with van der Waals surface area (Å²) < 4.78 is 38.7. The predicted octanol–water partition coefficient (Wildman–Crippen LogP) is 5.19. The number of piperidine rings is 1. The van der Waals surface area contributed by atoms with Crippen LogP contribution in [0.1, 0.15) is 34.5 Å². The number of benzene rings is 2. The first-order valence-corrected chi connectivity index (χ1v) is 9.93. The topological polar surface area (TPSA) is 49.0 Å². The molecule has 0 saturated carbocycles. The second-order valence-corrected chi connectivity index (χ2v) is 7.62. The van der Waals surface area contributed by atoms with Gasteiger partial charge < -0.3 is 4.98 Å². The lowest BCUT2D eigenvalue weighted by atomic mass is 9.88. The number of Topliss-reactive ketones (excluding diaryl/α,β-unsaturated/α-hetero) is 1. The van der Waals surface area contributed by atoms with E-state index < -0.39 is 11.7 Å². The third kappa shape index (κ3) is 4.62. The van der Waals surface area contributed by atoms with E-state index in [-0.39, 0.29) is 17.3 Å². The molecule has 7 heteroatoms. The van der Waals surface area contributed by atoms with Crippen molar-refractivity contribution < 1.29 is 18.0 Å². The largest absolute Gasteiger partial charge is 0.416 e. The van der Waals surface area contributed by atoms with Crippen LogP contribution in [0.4, 0.5) is 13.2 Å². The van der Waals surface area contributed by atoms with Gasteiger partial charge in [0.15, 0.2) is 5.78 Å². The molecule has 1 fully saturated rings. The van der Waals surface area contributed by atoms with Crippen molar-refractivity contribution in [2.45, 2.75) is 25.6 Å². The highest BCUT2D eigenvalue weighted by Gasteiger charge is 2.32. The van der Waals surface area contributed by atoms with Crippen LogP contribution in [-0.4, -0.2) is 33.7 Å². The van der Waals surface area contributed by atoms with Crippen LogP contribution in [0.3, 0.4) is 0 Å². The molecule has 1 N–H and O–H groups in total. The molecule has 156 valence electrons. The molecule has 0 spiro atoms. The number of nitrogens with one attached hydrogen (secondary N) is 1. The van der Waals surface area contributed by atoms with E-state index in [1.807, 2.05) is 36.5 Å². The number of H-pyrrole nitrogens is 1. The number of carbonyl (C=O) groups is 1. The summed E-state index contributed by atoms with van der Waals surface area (Å²) >= 11 is 0. The van der Waals surface area contributed by atoms with Crippen molar-refractivity contribution in [1.29, 1.82) is 0 Å². The number of carbonyl (C=O) groups excluding carboxylic acids is 1. The second kappa shape index (κ2) is 8.44. The number of rotatable bonds is 5. The molecule has 2 aromatic carbocycles. The Bertz CT molecular complexity index is 1010. The molecule has 0 aliphatic carbocycles. The van der Waals surface area contributed by atoms with Crippen molar-refractivity contribution in [2.75, 3.05) is 13.1 Å². The number of aromatic amines is 1. The fourth-order valence-electron chi connectivity index (χ4n) is 3.86. The first-order valence-electron chi connectivity index (χ1n) is 9.93. The SMILES string of the molecule is O=C(c1cccc(C(F)(F)F)c1)C1CCN(Cc2cnc(-c3ccccc3)[nH]2)CC1. The molecule has 4 nitrogen and oxygen atoms in total. The quantitative estimate of drug-likeness (QED) is 0.586. The van der Waals surface area contributed by atoms with Gasteiger partial charge in [-0.3, -0.25) is 9.69 Å². The molecule has 3 aromatic rings. The first kappa shape index (κ1) is 20.3. The smallest absolute Gasteiger partial charge is 0.341 e. The zero-order valence-corrected chi connectivity index (χ0v) is 16.3. The van der Waals surface area contributed by atoms with Gasteiger partial charge in [0.1, 0.15) is 5.82 Å². The lowest BCUT2D eigenvalue weighted by Crippen LogP contribution is -2.36. The average molecular weight is 413 g/mol. The Labute approximate surface area is 172 Å². The van der Waals surface area contributed by atoms with Crippen molar-refractivity contribution in [2.24, 2.45) is 5.92 Å². The fourth-order valence-corrected chi connectivity index (χ4v) is 3.86. The summed E-state index contributed by atoms with van der Waals surface area (Å²) in [6.45, 7) is 2.13. The van der Waals surface area contributed by atoms with Gasteiger partial charge in [0.05, 0.1) is 5.56 Å². The summed E-state index contributed by atoms with van der Waals surface area (Å²) in [6.07, 6.45) is -1.35. The molecule has 30 heavy (non-hydrogen) atoms. The highest BCUT2D eigenvalue weighted by molar-refractivity contribution is 5.98. The van der Waals surface area contributed by atoms with E-state index in [2.05, 4.69) is 14.9 Å². The van der Waals surface area contributed by atoms with Gasteiger partial charge in [-0.2, -0.15) is 13.2 Å². The van der Waals surface area contributed by atoms with Crippen LogP contribution in [0, 0.1) is 5.92 Å². The summed E-state index contributed by atoms with van der Waals surface area (Å²) in [7, 11) is 0. The molecule has 0 atom stereocenters. The van der Waals surface area contributed by atoms with Crippen molar-refractivity contribution in [3.05, 3.63) is 77.6 Å². The van der Waals surface area contributed by atoms with Crippen molar-refractivity contribution in [1.82, 2.24) is 14.9 Å². The maximum absolute atomic E-state index is 12.9. The first-order chi connectivity index (χ1) is 14.4. The zero-order chi connectivity index (χ0) is 21.1. The van der Waals surface area contributed by atoms with E-state index in [4.69, 9.17) is 0 Å². The van der Waals surface area contributed by atoms with Gasteiger partial charge in [-0.1, -0.05) is 42.5 Å². The number of alkyl halides is 3. The molecule has 2 heterocycles. The van der Waals surface area contributed by atoms with Gasteiger partial charge >= 0.3 is 6.18 Å². The summed E-state index contributed by atoms with van der Waals surface area (Å²) in [6, 6.07) is 14.6. The Hall–Kier alpha value is -2.93. The minimum atomic E-state index is -4.44. The van der Waals surface area contributed by atoms with Crippen molar-refractivity contribution in [3.8, 4) is 11.4 Å². The van der Waals surface area contributed by atoms with Crippen LogP contribution >= 0.6 is 0 Å². The van der Waals surface area contributed by atoms with Gasteiger partial charge in [-0.15, -0.1) is 0 Å². The number of likely N-dealkylation sites (tertiary alicyclic amines) is 1. The molecule has 4 rings (SSSR count). The third-order valence-electron chi connectivity index (χ3n) is 5.50. The monoisotopic (exact) mass is 413 g/mol. The van der Waals surface area contributed by atoms with Crippen LogP contribution in [0.15, 0.2) is 60.8 Å². The highest BCUT2D eigenvalue weighted by atomic mass is 19.4. The number of imidazole rings is 1. The second-order valence-electron chi connectivity index (χ2n) is 7.62. The molecule has 1 saturated heterocycles. The number of ketones is 1. The van der Waals surface area contributed by atoms with Crippen molar-refractivity contribution in [3.63, 3.8) is 0 Å². The Kier molecular flexibility index (Phi) is 5.72. The van der Waals surface area contributed by atoms with E-state index in [9.17, 15) is 18.0 Å². The van der Waals surface area contributed by atoms with E-state index in [0.29, 0.717) is 19.4 Å². The summed E-state index contributed by atoms with van der Waals surface area (Å²) in [5, 5.41) is 0. The molecular formula is C23H22F3N3O. The van der Waals surface area contributed by atoms with Gasteiger partial charge in [0.25, 0.3) is 0 Å². The lowest BCUT2D eigenvalue weighted by Gasteiger charge is -2.30. The van der Waals surface area contributed by atoms with Crippen LogP contribution in [0.25, 0.3) is 11.4 Å². The van der Waals surface area contributed by atoms with E-state index in [0.717, 1.165) is 42.3 Å². The number of halogens is 3. The van der Waals surface area contributed by atoms with E-state index in [1.54, 1.807) is 0 Å². The molecule has 0 radical (unpaired) electrons. The van der Waals surface area contributed by atoms with Gasteiger partial charge in [-0.25, -0.2) is 4.98 Å². The zero-order valence-electron chi connectivity index (χ0n) is 16.3. The molecule has 1 aromatic heterocycles. The fraction of sp³-hybridized carbons (Fsp3) is 0.304. The number of aromatic nitrogens is 2. The number of hydrogen-bond acceptors (Lipinski definition) is 3. The molecular weight excluding hydrogens is 391 g/mol. The van der Waals surface area contributed by atoms with Crippen LogP contribution in [-0.2, 0) is 12.7 Å². The van der Waals surface area contributed by atoms with Crippen molar-refractivity contribution >= 4 is 5.78 Å². The maximum atomic E-state index is 12.9. The van der Waals surface area contributed by atoms with E-state index in [1.165, 1.54) is 12.1 Å². The van der Waals surface area contributed by atoms with Crippen LogP contribution in [0.2, 0.25) is 0 Å². The van der Waals surface area contributed by atoms with E-state index >= 15 is 0 Å². The minimum Gasteiger partial charge on any atom is -0.341 e. The predicted molar refractivity (Wildman–Crippen MR) is 108 cm³/mol. The Balaban J connectivity index is 1.34. The van der Waals surface area contributed by atoms with Gasteiger partial charge in [0, 0.05) is 35.5 Å². The molecule has 1 aliphatic rings. The van der Waals surface area contributed by atoms with Crippen LogP contribution in [0.5, 0.6) is 0 Å². The third-order valence-corrected chi connectivity index (χ3v) is 5.50. The Morgan fingerprint density at radius 2 is 1.80 bits per heavy atom. The normalized spacial score (nSPS) is 16.0. The number of hydrogen-bond donors (Lipinski definition) is 1. The summed E-state index contributed by atoms with van der Waals surface area (Å²) in [4.78, 5) is 22.7. The Morgan fingerprint density at radius 1 is 1.07 bits per heavy atom. The molecule has 1 aliphatic heterocycles. The number of nitrogens with zero attached hydrogens (tertiary/aromatic N) is 2. The maximum Gasteiger partial charge on any atom is 0.416 e. The molecule has 0 unspecified atom stereocenters. The summed E-state index contributed by atoms with van der Waals surface area (Å²) in [5.74, 6) is 0.375. The highest BCUT2D eigenvalue weighted by Crippen LogP contribution is 2.31. The van der Waals surface area contributed by atoms with Gasteiger partial charge in [-0.05, 0) is 38.1 Å².